The van der Waals surface area contributed by atoms with E-state index in [4.69, 9.17) is 4.74 Å². The van der Waals surface area contributed by atoms with Crippen molar-refractivity contribution in [1.82, 2.24) is 4.90 Å². The maximum atomic E-state index is 12.2. The number of sulfone groups is 1. The minimum Gasteiger partial charge on any atom is -0.469 e. The van der Waals surface area contributed by atoms with Crippen molar-refractivity contribution < 1.29 is 22.7 Å². The van der Waals surface area contributed by atoms with E-state index in [0.717, 1.165) is 0 Å². The maximum Gasteiger partial charge on any atom is 0.308 e. The van der Waals surface area contributed by atoms with Gasteiger partial charge in [0, 0.05) is 19.5 Å². The van der Waals surface area contributed by atoms with Crippen LogP contribution in [0, 0.1) is 5.92 Å². The zero-order valence-electron chi connectivity index (χ0n) is 13.1. The van der Waals surface area contributed by atoms with E-state index in [1.807, 2.05) is 0 Å². The molecule has 0 bridgehead atoms. The van der Waals surface area contributed by atoms with Gasteiger partial charge in [0.15, 0.2) is 9.84 Å². The fourth-order valence-electron chi connectivity index (χ4n) is 2.66. The van der Waals surface area contributed by atoms with Gasteiger partial charge in [0.25, 0.3) is 0 Å². The van der Waals surface area contributed by atoms with Crippen LogP contribution in [0.3, 0.4) is 0 Å². The fraction of sp³-hybridized carbons (Fsp3) is 0.500. The van der Waals surface area contributed by atoms with Crippen LogP contribution in [0.15, 0.2) is 35.2 Å². The Kier molecular flexibility index (Phi) is 5.76. The first kappa shape index (κ1) is 17.5. The standard InChI is InChI=1S/C16H21NO5S/c1-22-16(19)13-7-10-17(11-8-13)15(18)9-12-23(20,21)14-5-3-2-4-6-14/h2-6,13H,7-12H2,1H3. The minimum atomic E-state index is -3.44. The third-order valence-corrected chi connectivity index (χ3v) is 5.80. The van der Waals surface area contributed by atoms with Crippen molar-refractivity contribution in [2.24, 2.45) is 5.92 Å². The largest absolute Gasteiger partial charge is 0.469 e. The van der Waals surface area contributed by atoms with E-state index in [1.54, 1.807) is 23.1 Å². The highest BCUT2D eigenvalue weighted by atomic mass is 32.2. The van der Waals surface area contributed by atoms with E-state index in [2.05, 4.69) is 0 Å². The molecule has 0 saturated carbocycles. The molecule has 2 rings (SSSR count). The van der Waals surface area contributed by atoms with E-state index < -0.39 is 9.84 Å². The van der Waals surface area contributed by atoms with Gasteiger partial charge in [0.05, 0.1) is 23.7 Å². The van der Waals surface area contributed by atoms with E-state index in [-0.39, 0.29) is 34.9 Å². The van der Waals surface area contributed by atoms with Crippen LogP contribution in [0.2, 0.25) is 0 Å². The van der Waals surface area contributed by atoms with Gasteiger partial charge in [-0.1, -0.05) is 18.2 Å². The number of hydrogen-bond donors (Lipinski definition) is 0. The van der Waals surface area contributed by atoms with Gasteiger partial charge in [-0.15, -0.1) is 0 Å². The van der Waals surface area contributed by atoms with Crippen molar-refractivity contribution in [3.8, 4) is 0 Å². The number of carbonyl (C=O) groups excluding carboxylic acids is 2. The van der Waals surface area contributed by atoms with Crippen LogP contribution in [-0.2, 0) is 24.2 Å². The number of esters is 1. The quantitative estimate of drug-likeness (QED) is 0.755. The molecular formula is C16H21NO5S. The summed E-state index contributed by atoms with van der Waals surface area (Å²) in [6.45, 7) is 0.925. The van der Waals surface area contributed by atoms with Gasteiger partial charge in [-0.25, -0.2) is 8.42 Å². The van der Waals surface area contributed by atoms with Gasteiger partial charge in [0.1, 0.15) is 0 Å². The van der Waals surface area contributed by atoms with E-state index >= 15 is 0 Å². The number of likely N-dealkylation sites (tertiary alicyclic amines) is 1. The highest BCUT2D eigenvalue weighted by molar-refractivity contribution is 7.91. The molecule has 6 nitrogen and oxygen atoms in total. The molecule has 1 aromatic rings. The molecule has 1 aliphatic rings. The molecule has 0 N–H and O–H groups in total. The summed E-state index contributed by atoms with van der Waals surface area (Å²) < 4.78 is 29.0. The van der Waals surface area contributed by atoms with Gasteiger partial charge >= 0.3 is 5.97 Å². The topological polar surface area (TPSA) is 80.8 Å². The second-order valence-electron chi connectivity index (χ2n) is 5.56. The lowest BCUT2D eigenvalue weighted by atomic mass is 9.97. The summed E-state index contributed by atoms with van der Waals surface area (Å²) in [6, 6.07) is 8.12. The number of hydrogen-bond acceptors (Lipinski definition) is 5. The summed E-state index contributed by atoms with van der Waals surface area (Å²) in [5, 5.41) is 0. The maximum absolute atomic E-state index is 12.2. The predicted octanol–water partition coefficient (Wildman–Crippen LogP) is 1.26. The molecule has 0 unspecified atom stereocenters. The molecule has 0 atom stereocenters. The molecule has 0 aliphatic carbocycles. The Hall–Kier alpha value is -1.89. The van der Waals surface area contributed by atoms with Crippen LogP contribution in [0.4, 0.5) is 0 Å². The first-order valence-electron chi connectivity index (χ1n) is 7.57. The Labute approximate surface area is 136 Å². The zero-order valence-corrected chi connectivity index (χ0v) is 13.9. The highest BCUT2D eigenvalue weighted by Crippen LogP contribution is 2.19. The zero-order chi connectivity index (χ0) is 16.9. The highest BCUT2D eigenvalue weighted by Gasteiger charge is 2.28. The molecular weight excluding hydrogens is 318 g/mol. The molecule has 23 heavy (non-hydrogen) atoms. The third-order valence-electron chi connectivity index (χ3n) is 4.07. The Morgan fingerprint density at radius 1 is 1.17 bits per heavy atom. The Balaban J connectivity index is 1.85. The van der Waals surface area contributed by atoms with Crippen LogP contribution >= 0.6 is 0 Å². The van der Waals surface area contributed by atoms with Gasteiger partial charge in [-0.3, -0.25) is 9.59 Å². The SMILES string of the molecule is COC(=O)C1CCN(C(=O)CCS(=O)(=O)c2ccccc2)CC1. The molecule has 0 radical (unpaired) electrons. The number of amides is 1. The van der Waals surface area contributed by atoms with Crippen molar-refractivity contribution in [1.29, 1.82) is 0 Å². The van der Waals surface area contributed by atoms with Gasteiger partial charge < -0.3 is 9.64 Å². The summed E-state index contributed by atoms with van der Waals surface area (Å²) in [7, 11) is -2.09. The molecule has 126 valence electrons. The number of nitrogens with zero attached hydrogens (tertiary/aromatic N) is 1. The first-order chi connectivity index (χ1) is 10.9. The molecule has 1 aliphatic heterocycles. The molecule has 0 aromatic heterocycles. The molecule has 1 aromatic carbocycles. The fourth-order valence-corrected chi connectivity index (χ4v) is 3.91. The smallest absolute Gasteiger partial charge is 0.308 e. The van der Waals surface area contributed by atoms with Crippen molar-refractivity contribution >= 4 is 21.7 Å². The predicted molar refractivity (Wildman–Crippen MR) is 84.4 cm³/mol. The summed E-state index contributed by atoms with van der Waals surface area (Å²) in [6.07, 6.45) is 1.08. The van der Waals surface area contributed by atoms with Crippen molar-refractivity contribution in [2.75, 3.05) is 26.0 Å². The second kappa shape index (κ2) is 7.59. The van der Waals surface area contributed by atoms with Crippen LogP contribution in [0.25, 0.3) is 0 Å². The Morgan fingerprint density at radius 3 is 2.35 bits per heavy atom. The number of rotatable bonds is 5. The van der Waals surface area contributed by atoms with Gasteiger partial charge in [-0.2, -0.15) is 0 Å². The van der Waals surface area contributed by atoms with Gasteiger partial charge in [-0.05, 0) is 25.0 Å². The van der Waals surface area contributed by atoms with E-state index in [0.29, 0.717) is 25.9 Å². The second-order valence-corrected chi connectivity index (χ2v) is 7.67. The van der Waals surface area contributed by atoms with E-state index in [9.17, 15) is 18.0 Å². The van der Waals surface area contributed by atoms with Crippen LogP contribution < -0.4 is 0 Å². The Bertz CT molecular complexity index is 648. The molecule has 7 heteroatoms. The minimum absolute atomic E-state index is 0.0415. The van der Waals surface area contributed by atoms with Crippen molar-refractivity contribution in [3.05, 3.63) is 30.3 Å². The number of piperidine rings is 1. The lowest BCUT2D eigenvalue weighted by molar-refractivity contribution is -0.148. The lowest BCUT2D eigenvalue weighted by Gasteiger charge is -2.30. The third kappa shape index (κ3) is 4.54. The Morgan fingerprint density at radius 2 is 1.78 bits per heavy atom. The summed E-state index contributed by atoms with van der Waals surface area (Å²) in [4.78, 5) is 25.5. The summed E-state index contributed by atoms with van der Waals surface area (Å²) in [5.41, 5.74) is 0. The molecule has 0 spiro atoms. The van der Waals surface area contributed by atoms with Crippen LogP contribution in [0.1, 0.15) is 19.3 Å². The number of ether oxygens (including phenoxy) is 1. The monoisotopic (exact) mass is 339 g/mol. The van der Waals surface area contributed by atoms with Crippen molar-refractivity contribution in [2.45, 2.75) is 24.2 Å². The number of benzene rings is 1. The number of methoxy groups -OCH3 is 1. The molecule has 1 heterocycles. The van der Waals surface area contributed by atoms with E-state index in [1.165, 1.54) is 19.2 Å². The number of carbonyl (C=O) groups is 2. The first-order valence-corrected chi connectivity index (χ1v) is 9.22. The van der Waals surface area contributed by atoms with Gasteiger partial charge in [0.2, 0.25) is 5.91 Å². The molecule has 1 fully saturated rings. The summed E-state index contributed by atoms with van der Waals surface area (Å²) in [5.74, 6) is -0.805. The normalized spacial score (nSPS) is 16.1. The average Bonchev–Trinajstić information content (AvgIpc) is 2.60. The molecule has 1 amide bonds. The summed E-state index contributed by atoms with van der Waals surface area (Å²) >= 11 is 0. The lowest BCUT2D eigenvalue weighted by Crippen LogP contribution is -2.41. The molecule has 1 saturated heterocycles. The van der Waals surface area contributed by atoms with Crippen molar-refractivity contribution in [3.63, 3.8) is 0 Å². The van der Waals surface area contributed by atoms with Crippen LogP contribution in [-0.4, -0.2) is 51.1 Å². The average molecular weight is 339 g/mol. The van der Waals surface area contributed by atoms with Crippen LogP contribution in [0.5, 0.6) is 0 Å².